The minimum Gasteiger partial charge on any atom is -0.466 e. The molecule has 1 aliphatic rings. The van der Waals surface area contributed by atoms with Crippen LogP contribution in [-0.2, 0) is 25.5 Å². The zero-order valence-electron chi connectivity index (χ0n) is 13.4. The number of aromatic nitrogens is 1. The van der Waals surface area contributed by atoms with E-state index in [2.05, 4.69) is 15.6 Å². The summed E-state index contributed by atoms with van der Waals surface area (Å²) >= 11 is 2.79. The number of ether oxygens (including phenoxy) is 2. The van der Waals surface area contributed by atoms with Crippen molar-refractivity contribution in [2.45, 2.75) is 23.8 Å². The quantitative estimate of drug-likeness (QED) is 0.498. The molecule has 1 amide bonds. The van der Waals surface area contributed by atoms with E-state index in [0.29, 0.717) is 31.2 Å². The lowest BCUT2D eigenvalue weighted by atomic mass is 10.3. The van der Waals surface area contributed by atoms with Crippen molar-refractivity contribution in [2.24, 2.45) is 0 Å². The second kappa shape index (κ2) is 11.6. The Morgan fingerprint density at radius 3 is 3.12 bits per heavy atom. The number of hydrogen-bond donors (Lipinski definition) is 2. The van der Waals surface area contributed by atoms with E-state index in [-0.39, 0.29) is 36.8 Å². The van der Waals surface area contributed by atoms with Crippen molar-refractivity contribution in [3.63, 3.8) is 0 Å². The van der Waals surface area contributed by atoms with Crippen LogP contribution >= 0.6 is 35.5 Å². The van der Waals surface area contributed by atoms with Gasteiger partial charge in [0.05, 0.1) is 37.2 Å². The van der Waals surface area contributed by atoms with E-state index in [9.17, 15) is 9.59 Å². The van der Waals surface area contributed by atoms with E-state index >= 15 is 0 Å². The van der Waals surface area contributed by atoms with Crippen LogP contribution in [0.2, 0.25) is 0 Å². The number of hydrogen-bond acceptors (Lipinski definition) is 8. The number of carbonyl (C=O) groups excluding carboxylic acids is 2. The number of amides is 1. The molecular weight excluding hydrogens is 374 g/mol. The maximum atomic E-state index is 11.8. The summed E-state index contributed by atoms with van der Waals surface area (Å²) in [4.78, 5) is 27.5. The molecule has 0 aliphatic carbocycles. The van der Waals surface area contributed by atoms with E-state index in [1.165, 1.54) is 23.1 Å². The molecule has 2 rings (SSSR count). The molecule has 1 aromatic rings. The monoisotopic (exact) mass is 395 g/mol. The molecule has 7 nitrogen and oxygen atoms in total. The van der Waals surface area contributed by atoms with Crippen LogP contribution in [0.15, 0.2) is 9.72 Å². The second-order valence-corrected chi connectivity index (χ2v) is 6.96. The van der Waals surface area contributed by atoms with Gasteiger partial charge in [-0.05, 0) is 6.92 Å². The zero-order valence-corrected chi connectivity index (χ0v) is 15.9. The molecule has 2 heterocycles. The van der Waals surface area contributed by atoms with Gasteiger partial charge in [0.2, 0.25) is 5.91 Å². The number of thiazole rings is 1. The average Bonchev–Trinajstić information content (AvgIpc) is 2.99. The lowest BCUT2D eigenvalue weighted by Gasteiger charge is -2.23. The standard InChI is InChI=1S/C14H21N3O4S2.ClH/c1-2-20-13(19)5-10-8-22-14(17-10)23-9-12(18)16-7-11-6-15-3-4-21-11;/h8,11,15H,2-7,9H2,1H3,(H,16,18);1H/t11-;/m0./s1. The number of esters is 1. The molecule has 0 saturated carbocycles. The first-order chi connectivity index (χ1) is 11.2. The van der Waals surface area contributed by atoms with Gasteiger partial charge in [0.25, 0.3) is 0 Å². The van der Waals surface area contributed by atoms with Crippen LogP contribution in [0.1, 0.15) is 12.6 Å². The molecule has 0 bridgehead atoms. The van der Waals surface area contributed by atoms with Gasteiger partial charge in [-0.3, -0.25) is 9.59 Å². The predicted octanol–water partition coefficient (Wildman–Crippen LogP) is 0.867. The first-order valence-electron chi connectivity index (χ1n) is 7.49. The molecule has 24 heavy (non-hydrogen) atoms. The molecule has 0 aromatic carbocycles. The predicted molar refractivity (Wildman–Crippen MR) is 96.0 cm³/mol. The van der Waals surface area contributed by atoms with E-state index in [4.69, 9.17) is 9.47 Å². The Morgan fingerprint density at radius 1 is 1.58 bits per heavy atom. The zero-order chi connectivity index (χ0) is 16.5. The summed E-state index contributed by atoms with van der Waals surface area (Å²) in [5, 5.41) is 7.89. The van der Waals surface area contributed by atoms with Crippen LogP contribution in [0.25, 0.3) is 0 Å². The molecule has 136 valence electrons. The Kier molecular flexibility index (Phi) is 10.3. The topological polar surface area (TPSA) is 89.6 Å². The van der Waals surface area contributed by atoms with Crippen molar-refractivity contribution < 1.29 is 19.1 Å². The lowest BCUT2D eigenvalue weighted by molar-refractivity contribution is -0.142. The minimum atomic E-state index is -0.284. The highest BCUT2D eigenvalue weighted by Gasteiger charge is 2.15. The molecule has 0 radical (unpaired) electrons. The van der Waals surface area contributed by atoms with Gasteiger partial charge in [-0.2, -0.15) is 0 Å². The Balaban J connectivity index is 0.00000288. The van der Waals surface area contributed by atoms with Gasteiger partial charge in [0.1, 0.15) is 0 Å². The van der Waals surface area contributed by atoms with Gasteiger partial charge in [-0.1, -0.05) is 11.8 Å². The van der Waals surface area contributed by atoms with Gasteiger partial charge < -0.3 is 20.1 Å². The fourth-order valence-electron chi connectivity index (χ4n) is 1.95. The molecular formula is C14H22ClN3O4S2. The molecule has 1 fully saturated rings. The number of carbonyl (C=O) groups is 2. The van der Waals surface area contributed by atoms with Gasteiger partial charge in [-0.15, -0.1) is 23.7 Å². The van der Waals surface area contributed by atoms with Crippen molar-refractivity contribution >= 4 is 47.4 Å². The normalized spacial score (nSPS) is 17.0. The third kappa shape index (κ3) is 7.80. The lowest BCUT2D eigenvalue weighted by Crippen LogP contribution is -2.45. The van der Waals surface area contributed by atoms with Crippen molar-refractivity contribution in [1.29, 1.82) is 0 Å². The van der Waals surface area contributed by atoms with Crippen molar-refractivity contribution in [1.82, 2.24) is 15.6 Å². The molecule has 1 aromatic heterocycles. The number of nitrogens with one attached hydrogen (secondary N) is 2. The first-order valence-corrected chi connectivity index (χ1v) is 9.35. The Labute approximate surface area is 155 Å². The summed E-state index contributed by atoms with van der Waals surface area (Å²) < 4.78 is 11.2. The molecule has 1 atom stereocenters. The van der Waals surface area contributed by atoms with E-state index < -0.39 is 0 Å². The summed E-state index contributed by atoms with van der Waals surface area (Å²) in [5.41, 5.74) is 0.679. The van der Waals surface area contributed by atoms with Crippen LogP contribution in [0, 0.1) is 0 Å². The van der Waals surface area contributed by atoms with Crippen LogP contribution < -0.4 is 10.6 Å². The van der Waals surface area contributed by atoms with E-state index in [0.717, 1.165) is 17.4 Å². The minimum absolute atomic E-state index is 0. The summed E-state index contributed by atoms with van der Waals surface area (Å²) in [6.45, 7) is 4.95. The molecule has 10 heteroatoms. The van der Waals surface area contributed by atoms with Crippen LogP contribution in [0.4, 0.5) is 0 Å². The highest BCUT2D eigenvalue weighted by atomic mass is 35.5. The fourth-order valence-corrected chi connectivity index (χ4v) is 3.63. The maximum Gasteiger partial charge on any atom is 0.311 e. The van der Waals surface area contributed by atoms with E-state index in [1.807, 2.05) is 5.38 Å². The Morgan fingerprint density at radius 2 is 2.42 bits per heavy atom. The number of thioether (sulfide) groups is 1. The van der Waals surface area contributed by atoms with Gasteiger partial charge in [-0.25, -0.2) is 4.98 Å². The summed E-state index contributed by atoms with van der Waals surface area (Å²) in [6, 6.07) is 0. The third-order valence-electron chi connectivity index (χ3n) is 3.02. The molecule has 1 aliphatic heterocycles. The largest absolute Gasteiger partial charge is 0.466 e. The summed E-state index contributed by atoms with van der Waals surface area (Å²) in [6.07, 6.45) is 0.206. The van der Waals surface area contributed by atoms with Gasteiger partial charge >= 0.3 is 5.97 Å². The van der Waals surface area contributed by atoms with Gasteiger partial charge in [0, 0.05) is 25.0 Å². The number of halogens is 1. The molecule has 0 spiro atoms. The fraction of sp³-hybridized carbons (Fsp3) is 0.643. The maximum absolute atomic E-state index is 11.8. The van der Waals surface area contributed by atoms with Crippen LogP contribution in [0.3, 0.4) is 0 Å². The van der Waals surface area contributed by atoms with Crippen molar-refractivity contribution in [2.75, 3.05) is 38.6 Å². The van der Waals surface area contributed by atoms with Gasteiger partial charge in [0.15, 0.2) is 4.34 Å². The smallest absolute Gasteiger partial charge is 0.311 e. The molecule has 1 saturated heterocycles. The van der Waals surface area contributed by atoms with Crippen molar-refractivity contribution in [3.8, 4) is 0 Å². The van der Waals surface area contributed by atoms with Crippen molar-refractivity contribution in [3.05, 3.63) is 11.1 Å². The SMILES string of the molecule is CCOC(=O)Cc1csc(SCC(=O)NC[C@@H]2CNCCO2)n1.Cl. The summed E-state index contributed by atoms with van der Waals surface area (Å²) in [7, 11) is 0. The van der Waals surface area contributed by atoms with E-state index in [1.54, 1.807) is 6.92 Å². The molecule has 2 N–H and O–H groups in total. The third-order valence-corrected chi connectivity index (χ3v) is 5.09. The average molecular weight is 396 g/mol. The summed E-state index contributed by atoms with van der Waals surface area (Å²) in [5.74, 6) is -0.0357. The Hall–Kier alpha value is -0.870. The number of rotatable bonds is 8. The number of nitrogens with zero attached hydrogens (tertiary/aromatic N) is 1. The van der Waals surface area contributed by atoms with Crippen LogP contribution in [0.5, 0.6) is 0 Å². The first kappa shape index (κ1) is 21.2. The second-order valence-electron chi connectivity index (χ2n) is 4.88. The Bertz CT molecular complexity index is 524. The highest BCUT2D eigenvalue weighted by Crippen LogP contribution is 2.22. The molecule has 0 unspecified atom stereocenters. The number of morpholine rings is 1. The highest BCUT2D eigenvalue weighted by molar-refractivity contribution is 8.01. The van der Waals surface area contributed by atoms with Crippen LogP contribution in [-0.4, -0.2) is 61.6 Å².